The van der Waals surface area contributed by atoms with Crippen molar-refractivity contribution in [2.24, 2.45) is 7.05 Å². The van der Waals surface area contributed by atoms with Crippen molar-refractivity contribution in [3.05, 3.63) is 18.2 Å². The van der Waals surface area contributed by atoms with Crippen LogP contribution >= 0.6 is 0 Å². The van der Waals surface area contributed by atoms with Crippen molar-refractivity contribution >= 4 is 11.9 Å². The summed E-state index contributed by atoms with van der Waals surface area (Å²) >= 11 is 0. The SMILES string of the molecule is C[C@H](NC(=O)c1cncn1C)C(=O)OC(C)(C)C. The van der Waals surface area contributed by atoms with Gasteiger partial charge in [0.05, 0.1) is 12.5 Å². The Morgan fingerprint density at radius 3 is 2.50 bits per heavy atom. The Labute approximate surface area is 106 Å². The molecular formula is C12H19N3O3. The second-order valence-electron chi connectivity index (χ2n) is 5.12. The summed E-state index contributed by atoms with van der Waals surface area (Å²) in [6, 6.07) is -0.702. The number of imidazole rings is 1. The molecule has 1 aromatic rings. The maximum absolute atomic E-state index is 11.8. The van der Waals surface area contributed by atoms with Gasteiger partial charge in [0.25, 0.3) is 5.91 Å². The highest BCUT2D eigenvalue weighted by atomic mass is 16.6. The van der Waals surface area contributed by atoms with E-state index < -0.39 is 17.6 Å². The van der Waals surface area contributed by atoms with E-state index in [1.54, 1.807) is 39.3 Å². The van der Waals surface area contributed by atoms with E-state index in [0.717, 1.165) is 0 Å². The van der Waals surface area contributed by atoms with Gasteiger partial charge in [-0.25, -0.2) is 9.78 Å². The number of aromatic nitrogens is 2. The normalized spacial score (nSPS) is 12.9. The molecular weight excluding hydrogens is 234 g/mol. The highest BCUT2D eigenvalue weighted by Crippen LogP contribution is 2.08. The van der Waals surface area contributed by atoms with Gasteiger partial charge in [-0.3, -0.25) is 4.79 Å². The molecule has 1 N–H and O–H groups in total. The van der Waals surface area contributed by atoms with E-state index in [9.17, 15) is 9.59 Å². The number of ether oxygens (including phenoxy) is 1. The van der Waals surface area contributed by atoms with E-state index in [1.165, 1.54) is 12.5 Å². The topological polar surface area (TPSA) is 73.2 Å². The van der Waals surface area contributed by atoms with Gasteiger partial charge in [-0.15, -0.1) is 0 Å². The Bertz CT molecular complexity index is 446. The number of carbonyl (C=O) groups excluding carboxylic acids is 2. The lowest BCUT2D eigenvalue weighted by atomic mass is 10.2. The van der Waals surface area contributed by atoms with E-state index in [1.807, 2.05) is 0 Å². The third-order valence-electron chi connectivity index (χ3n) is 2.16. The number of esters is 1. The summed E-state index contributed by atoms with van der Waals surface area (Å²) in [6.45, 7) is 6.92. The van der Waals surface area contributed by atoms with Crippen molar-refractivity contribution < 1.29 is 14.3 Å². The molecule has 6 nitrogen and oxygen atoms in total. The molecule has 1 rings (SSSR count). The number of nitrogens with one attached hydrogen (secondary N) is 1. The van der Waals surface area contributed by atoms with Gasteiger partial charge in [0.1, 0.15) is 17.3 Å². The fourth-order valence-electron chi connectivity index (χ4n) is 1.30. The molecule has 0 radical (unpaired) electrons. The van der Waals surface area contributed by atoms with Crippen LogP contribution in [-0.4, -0.2) is 33.1 Å². The van der Waals surface area contributed by atoms with Gasteiger partial charge < -0.3 is 14.6 Å². The van der Waals surface area contributed by atoms with Gasteiger partial charge in [-0.05, 0) is 27.7 Å². The molecule has 1 aromatic heterocycles. The minimum atomic E-state index is -0.702. The molecule has 0 unspecified atom stereocenters. The lowest BCUT2D eigenvalue weighted by molar-refractivity contribution is -0.156. The van der Waals surface area contributed by atoms with Crippen LogP contribution in [0.5, 0.6) is 0 Å². The number of hydrogen-bond donors (Lipinski definition) is 1. The van der Waals surface area contributed by atoms with Crippen molar-refractivity contribution in [2.45, 2.75) is 39.3 Å². The van der Waals surface area contributed by atoms with Crippen LogP contribution in [0.15, 0.2) is 12.5 Å². The molecule has 0 spiro atoms. The van der Waals surface area contributed by atoms with E-state index in [4.69, 9.17) is 4.74 Å². The summed E-state index contributed by atoms with van der Waals surface area (Å²) in [5.41, 5.74) is -0.173. The van der Waals surface area contributed by atoms with Crippen molar-refractivity contribution in [3.63, 3.8) is 0 Å². The van der Waals surface area contributed by atoms with Gasteiger partial charge in [-0.1, -0.05) is 0 Å². The molecule has 0 fully saturated rings. The zero-order valence-electron chi connectivity index (χ0n) is 11.4. The van der Waals surface area contributed by atoms with Crippen LogP contribution in [0.4, 0.5) is 0 Å². The molecule has 0 aliphatic carbocycles. The number of nitrogens with zero attached hydrogens (tertiary/aromatic N) is 2. The fraction of sp³-hybridized carbons (Fsp3) is 0.583. The quantitative estimate of drug-likeness (QED) is 0.812. The van der Waals surface area contributed by atoms with Crippen LogP contribution in [-0.2, 0) is 16.6 Å². The van der Waals surface area contributed by atoms with Gasteiger partial charge >= 0.3 is 5.97 Å². The van der Waals surface area contributed by atoms with Crippen LogP contribution in [0.3, 0.4) is 0 Å². The van der Waals surface area contributed by atoms with Crippen molar-refractivity contribution in [2.75, 3.05) is 0 Å². The summed E-state index contributed by atoms with van der Waals surface area (Å²) in [6.07, 6.45) is 2.96. The Morgan fingerprint density at radius 2 is 2.06 bits per heavy atom. The standard InChI is InChI=1S/C12H19N3O3/c1-8(11(17)18-12(2,3)4)14-10(16)9-6-13-7-15(9)5/h6-8H,1-5H3,(H,14,16)/t8-/m0/s1. The Balaban J connectivity index is 2.60. The second-order valence-corrected chi connectivity index (χ2v) is 5.12. The molecule has 1 amide bonds. The fourth-order valence-corrected chi connectivity index (χ4v) is 1.30. The first-order valence-corrected chi connectivity index (χ1v) is 5.71. The molecule has 18 heavy (non-hydrogen) atoms. The first-order valence-electron chi connectivity index (χ1n) is 5.71. The molecule has 1 atom stereocenters. The van der Waals surface area contributed by atoms with E-state index >= 15 is 0 Å². The zero-order valence-corrected chi connectivity index (χ0v) is 11.4. The summed E-state index contributed by atoms with van der Waals surface area (Å²) in [4.78, 5) is 27.4. The molecule has 0 bridgehead atoms. The molecule has 0 aliphatic rings. The van der Waals surface area contributed by atoms with Crippen LogP contribution in [0.25, 0.3) is 0 Å². The van der Waals surface area contributed by atoms with Gasteiger partial charge in [0.2, 0.25) is 0 Å². The highest BCUT2D eigenvalue weighted by Gasteiger charge is 2.23. The second kappa shape index (κ2) is 5.20. The predicted octanol–water partition coefficient (Wildman–Crippen LogP) is 0.880. The number of rotatable bonds is 3. The number of aryl methyl sites for hydroxylation is 1. The maximum atomic E-state index is 11.8. The summed E-state index contributed by atoms with van der Waals surface area (Å²) < 4.78 is 6.75. The summed E-state index contributed by atoms with van der Waals surface area (Å²) in [5.74, 6) is -0.814. The van der Waals surface area contributed by atoms with E-state index in [0.29, 0.717) is 5.69 Å². The summed E-state index contributed by atoms with van der Waals surface area (Å²) in [5, 5.41) is 2.57. The predicted molar refractivity (Wildman–Crippen MR) is 66.0 cm³/mol. The van der Waals surface area contributed by atoms with Crippen molar-refractivity contribution in [1.82, 2.24) is 14.9 Å². The molecule has 0 saturated heterocycles. The lowest BCUT2D eigenvalue weighted by Crippen LogP contribution is -2.42. The van der Waals surface area contributed by atoms with Crippen LogP contribution in [0.2, 0.25) is 0 Å². The largest absolute Gasteiger partial charge is 0.458 e. The van der Waals surface area contributed by atoms with Crippen LogP contribution < -0.4 is 5.32 Å². The highest BCUT2D eigenvalue weighted by molar-refractivity contribution is 5.95. The monoisotopic (exact) mass is 253 g/mol. The lowest BCUT2D eigenvalue weighted by Gasteiger charge is -2.22. The Hall–Kier alpha value is -1.85. The maximum Gasteiger partial charge on any atom is 0.328 e. The van der Waals surface area contributed by atoms with Crippen LogP contribution in [0.1, 0.15) is 38.2 Å². The number of carbonyl (C=O) groups is 2. The number of amides is 1. The number of hydrogen-bond acceptors (Lipinski definition) is 4. The first kappa shape index (κ1) is 14.2. The van der Waals surface area contributed by atoms with Crippen molar-refractivity contribution in [3.8, 4) is 0 Å². The van der Waals surface area contributed by atoms with E-state index in [2.05, 4.69) is 10.3 Å². The summed E-state index contributed by atoms with van der Waals surface area (Å²) in [7, 11) is 1.71. The van der Waals surface area contributed by atoms with Gasteiger partial charge in [-0.2, -0.15) is 0 Å². The zero-order chi connectivity index (χ0) is 13.9. The average molecular weight is 253 g/mol. The van der Waals surface area contributed by atoms with Crippen LogP contribution in [0, 0.1) is 0 Å². The molecule has 1 heterocycles. The molecule has 100 valence electrons. The third kappa shape index (κ3) is 3.87. The minimum absolute atomic E-state index is 0.353. The van der Waals surface area contributed by atoms with Gasteiger partial charge in [0.15, 0.2) is 0 Å². The Morgan fingerprint density at radius 1 is 1.44 bits per heavy atom. The molecule has 0 aliphatic heterocycles. The third-order valence-corrected chi connectivity index (χ3v) is 2.16. The molecule has 6 heteroatoms. The molecule has 0 saturated carbocycles. The van der Waals surface area contributed by atoms with E-state index in [-0.39, 0.29) is 5.91 Å². The van der Waals surface area contributed by atoms with Gasteiger partial charge in [0, 0.05) is 7.05 Å². The van der Waals surface area contributed by atoms with Crippen molar-refractivity contribution in [1.29, 1.82) is 0 Å². The average Bonchev–Trinajstić information content (AvgIpc) is 2.61. The minimum Gasteiger partial charge on any atom is -0.458 e. The first-order chi connectivity index (χ1) is 8.20. The molecule has 0 aromatic carbocycles. The smallest absolute Gasteiger partial charge is 0.328 e. The Kier molecular flexibility index (Phi) is 4.11.